The fraction of sp³-hybridized carbons (Fsp3) is 0.591. The molecule has 2 aliphatic carbocycles. The molecule has 5 nitrogen and oxygen atoms in total. The lowest BCUT2D eigenvalue weighted by Crippen LogP contribution is -2.65. The van der Waals surface area contributed by atoms with Crippen LogP contribution >= 0.6 is 11.6 Å². The Labute approximate surface area is 170 Å². The zero-order valence-electron chi connectivity index (χ0n) is 17.4. The first kappa shape index (κ1) is 19.6. The Kier molecular flexibility index (Phi) is 3.97. The van der Waals surface area contributed by atoms with Gasteiger partial charge in [-0.1, -0.05) is 46.2 Å². The van der Waals surface area contributed by atoms with E-state index in [0.29, 0.717) is 29.2 Å². The first-order valence-electron chi connectivity index (χ1n) is 9.58. The number of methoxy groups -OCH3 is 2. The standard InChI is InChI=1S/C22H27ClO5/c1-10-8-11(24)15-18(21(4,5)20(15,2)3)22(10)19(25)14-12(26-6)9-13(27-7)16(23)17(14)28-22/h9-11,24H,8H2,1-7H3/t10-,11+,22+/m1/s1. The predicted octanol–water partition coefficient (Wildman–Crippen LogP) is 4.43. The van der Waals surface area contributed by atoms with Crippen molar-refractivity contribution < 1.29 is 24.1 Å². The average molecular weight is 407 g/mol. The number of hydrogen-bond acceptors (Lipinski definition) is 5. The van der Waals surface area contributed by atoms with Gasteiger partial charge in [-0.25, -0.2) is 0 Å². The summed E-state index contributed by atoms with van der Waals surface area (Å²) in [6.07, 6.45) is -0.125. The highest BCUT2D eigenvalue weighted by atomic mass is 35.5. The van der Waals surface area contributed by atoms with Crippen LogP contribution in [0.2, 0.25) is 5.02 Å². The van der Waals surface area contributed by atoms with Gasteiger partial charge in [-0.2, -0.15) is 0 Å². The van der Waals surface area contributed by atoms with Crippen LogP contribution in [0.15, 0.2) is 17.2 Å². The minimum absolute atomic E-state index is 0.153. The third-order valence-electron chi connectivity index (χ3n) is 7.52. The molecule has 0 aromatic heterocycles. The number of ether oxygens (including phenoxy) is 3. The van der Waals surface area contributed by atoms with E-state index in [9.17, 15) is 9.90 Å². The van der Waals surface area contributed by atoms with Crippen LogP contribution in [-0.4, -0.2) is 36.8 Å². The van der Waals surface area contributed by atoms with Crippen LogP contribution in [0.1, 0.15) is 51.4 Å². The number of rotatable bonds is 2. The lowest BCUT2D eigenvalue weighted by atomic mass is 9.41. The molecular formula is C22H27ClO5. The molecule has 1 aromatic carbocycles. The number of aliphatic hydroxyl groups excluding tert-OH is 1. The van der Waals surface area contributed by atoms with Gasteiger partial charge >= 0.3 is 0 Å². The fourth-order valence-electron chi connectivity index (χ4n) is 5.44. The van der Waals surface area contributed by atoms with Gasteiger partial charge in [-0.3, -0.25) is 4.79 Å². The predicted molar refractivity (Wildman–Crippen MR) is 107 cm³/mol. The summed E-state index contributed by atoms with van der Waals surface area (Å²) in [5.74, 6) is 0.712. The molecule has 0 amide bonds. The summed E-state index contributed by atoms with van der Waals surface area (Å²) in [5, 5.41) is 11.1. The van der Waals surface area contributed by atoms with Gasteiger partial charge in [0.05, 0.1) is 20.3 Å². The Morgan fingerprint density at radius 3 is 2.32 bits per heavy atom. The van der Waals surface area contributed by atoms with Crippen molar-refractivity contribution in [2.75, 3.05) is 14.2 Å². The number of halogens is 1. The second-order valence-corrected chi connectivity index (χ2v) is 9.54. The number of benzene rings is 1. The van der Waals surface area contributed by atoms with Crippen LogP contribution in [-0.2, 0) is 0 Å². The maximum Gasteiger partial charge on any atom is 0.218 e. The van der Waals surface area contributed by atoms with Crippen LogP contribution in [0, 0.1) is 16.7 Å². The molecule has 0 saturated carbocycles. The van der Waals surface area contributed by atoms with E-state index in [4.69, 9.17) is 25.8 Å². The van der Waals surface area contributed by atoms with Gasteiger partial charge in [0, 0.05) is 12.0 Å². The molecule has 0 unspecified atom stereocenters. The van der Waals surface area contributed by atoms with Gasteiger partial charge in [-0.05, 0) is 28.4 Å². The van der Waals surface area contributed by atoms with E-state index in [2.05, 4.69) is 27.7 Å². The zero-order chi connectivity index (χ0) is 20.8. The van der Waals surface area contributed by atoms with E-state index in [0.717, 1.165) is 11.1 Å². The largest absolute Gasteiger partial charge is 0.496 e. The molecule has 1 N–H and O–H groups in total. The Bertz CT molecular complexity index is 929. The van der Waals surface area contributed by atoms with Crippen molar-refractivity contribution in [2.45, 2.75) is 52.7 Å². The minimum atomic E-state index is -1.18. The molecule has 1 aliphatic heterocycles. The van der Waals surface area contributed by atoms with Crippen molar-refractivity contribution in [3.8, 4) is 17.2 Å². The molecule has 1 heterocycles. The lowest BCUT2D eigenvalue weighted by molar-refractivity contribution is -0.0413. The summed E-state index contributed by atoms with van der Waals surface area (Å²) in [7, 11) is 3.02. The SMILES string of the molecule is COc1cc(OC)c2c(c1Cl)O[C@]1(C2=O)C2=C([C@@H](O)C[C@H]1C)C(C)(C)C2(C)C. The van der Waals surface area contributed by atoms with Crippen LogP contribution in [0.3, 0.4) is 0 Å². The van der Waals surface area contributed by atoms with Gasteiger partial charge in [0.1, 0.15) is 22.1 Å². The van der Waals surface area contributed by atoms with Crippen molar-refractivity contribution in [3.63, 3.8) is 0 Å². The van der Waals surface area contributed by atoms with Gasteiger partial charge < -0.3 is 19.3 Å². The second-order valence-electron chi connectivity index (χ2n) is 9.16. The normalized spacial score (nSPS) is 31.8. The van der Waals surface area contributed by atoms with Crippen LogP contribution < -0.4 is 14.2 Å². The molecule has 3 atom stereocenters. The van der Waals surface area contributed by atoms with Gasteiger partial charge in [0.25, 0.3) is 0 Å². The Morgan fingerprint density at radius 2 is 1.75 bits per heavy atom. The zero-order valence-corrected chi connectivity index (χ0v) is 18.2. The van der Waals surface area contributed by atoms with Crippen molar-refractivity contribution in [3.05, 3.63) is 27.8 Å². The molecule has 6 heteroatoms. The third kappa shape index (κ3) is 1.94. The number of hydrogen-bond donors (Lipinski definition) is 1. The molecule has 0 fully saturated rings. The van der Waals surface area contributed by atoms with E-state index in [1.54, 1.807) is 6.07 Å². The number of carbonyl (C=O) groups excluding carboxylic acids is 1. The minimum Gasteiger partial charge on any atom is -0.496 e. The van der Waals surface area contributed by atoms with E-state index < -0.39 is 11.7 Å². The Morgan fingerprint density at radius 1 is 1.14 bits per heavy atom. The number of fused-ring (bicyclic) bond motifs is 2. The molecular weight excluding hydrogens is 380 g/mol. The maximum atomic E-state index is 13.9. The fourth-order valence-corrected chi connectivity index (χ4v) is 5.70. The topological polar surface area (TPSA) is 65.0 Å². The van der Waals surface area contributed by atoms with Crippen LogP contribution in [0.5, 0.6) is 17.2 Å². The summed E-state index contributed by atoms with van der Waals surface area (Å²) >= 11 is 6.53. The molecule has 28 heavy (non-hydrogen) atoms. The highest BCUT2D eigenvalue weighted by Gasteiger charge is 2.70. The number of aliphatic hydroxyl groups is 1. The van der Waals surface area contributed by atoms with E-state index in [1.165, 1.54) is 14.2 Å². The molecule has 0 radical (unpaired) electrons. The third-order valence-corrected chi connectivity index (χ3v) is 7.88. The highest BCUT2D eigenvalue weighted by molar-refractivity contribution is 6.35. The molecule has 1 spiro atoms. The molecule has 4 rings (SSSR count). The quantitative estimate of drug-likeness (QED) is 0.736. The Hall–Kier alpha value is -1.72. The van der Waals surface area contributed by atoms with Gasteiger partial charge in [0.2, 0.25) is 5.78 Å². The smallest absolute Gasteiger partial charge is 0.218 e. The van der Waals surface area contributed by atoms with Gasteiger partial charge in [-0.15, -0.1) is 0 Å². The average Bonchev–Trinajstić information content (AvgIpc) is 2.93. The van der Waals surface area contributed by atoms with E-state index in [-0.39, 0.29) is 27.6 Å². The maximum absolute atomic E-state index is 13.9. The molecule has 0 saturated heterocycles. The van der Waals surface area contributed by atoms with Crippen LogP contribution in [0.25, 0.3) is 0 Å². The number of Topliss-reactive ketones (excluding diaryl/α,β-unsaturated/α-hetero) is 1. The number of carbonyl (C=O) groups is 1. The molecule has 152 valence electrons. The lowest BCUT2D eigenvalue weighted by Gasteiger charge is -2.64. The van der Waals surface area contributed by atoms with Gasteiger partial charge in [0.15, 0.2) is 11.4 Å². The van der Waals surface area contributed by atoms with Crippen molar-refractivity contribution >= 4 is 17.4 Å². The van der Waals surface area contributed by atoms with Crippen molar-refractivity contribution in [1.29, 1.82) is 0 Å². The molecule has 1 aromatic rings. The van der Waals surface area contributed by atoms with Crippen molar-refractivity contribution in [1.82, 2.24) is 0 Å². The molecule has 0 bridgehead atoms. The summed E-state index contributed by atoms with van der Waals surface area (Å²) < 4.78 is 17.3. The van der Waals surface area contributed by atoms with E-state index >= 15 is 0 Å². The summed E-state index contributed by atoms with van der Waals surface area (Å²) in [6, 6.07) is 1.62. The van der Waals surface area contributed by atoms with E-state index in [1.807, 2.05) is 6.92 Å². The Balaban J connectivity index is 2.01. The summed E-state index contributed by atoms with van der Waals surface area (Å²) in [4.78, 5) is 13.9. The monoisotopic (exact) mass is 406 g/mol. The first-order valence-corrected chi connectivity index (χ1v) is 9.96. The summed E-state index contributed by atoms with van der Waals surface area (Å²) in [5.41, 5.74) is 0.412. The van der Waals surface area contributed by atoms with Crippen LogP contribution in [0.4, 0.5) is 0 Å². The van der Waals surface area contributed by atoms with Crippen molar-refractivity contribution in [2.24, 2.45) is 16.7 Å². The molecule has 3 aliphatic rings. The second kappa shape index (κ2) is 5.67. The summed E-state index contributed by atoms with van der Waals surface area (Å²) in [6.45, 7) is 10.4. The highest BCUT2D eigenvalue weighted by Crippen LogP contribution is 2.70. The first-order chi connectivity index (χ1) is 13.0. The number of ketones is 1.